The molecular formula is C15H19N5O. The number of hydrogen-bond acceptors (Lipinski definition) is 4. The zero-order valence-electron chi connectivity index (χ0n) is 12.1. The van der Waals surface area contributed by atoms with Crippen molar-refractivity contribution in [2.75, 3.05) is 6.54 Å². The van der Waals surface area contributed by atoms with Crippen LogP contribution in [0.4, 0.5) is 0 Å². The first kappa shape index (κ1) is 13.7. The van der Waals surface area contributed by atoms with Crippen LogP contribution >= 0.6 is 0 Å². The van der Waals surface area contributed by atoms with Crippen molar-refractivity contribution < 1.29 is 4.79 Å². The lowest BCUT2D eigenvalue weighted by molar-refractivity contribution is -0.135. The van der Waals surface area contributed by atoms with E-state index in [1.54, 1.807) is 0 Å². The standard InChI is InChI=1S/C15H19N5O/c1-12-7-5-6-10-19(12)14(21)11-20-17-15(16-18-20)13-8-3-2-4-9-13/h2-4,8-9,12H,5-7,10-11H2,1H3/t12-/m1/s1. The summed E-state index contributed by atoms with van der Waals surface area (Å²) in [5.41, 5.74) is 0.905. The molecule has 1 amide bonds. The molecule has 1 aromatic heterocycles. The Morgan fingerprint density at radius 2 is 2.10 bits per heavy atom. The second kappa shape index (κ2) is 6.03. The number of carbonyl (C=O) groups is 1. The predicted octanol–water partition coefficient (Wildman–Crippen LogP) is 1.74. The molecule has 1 fully saturated rings. The largest absolute Gasteiger partial charge is 0.338 e. The third-order valence-corrected chi connectivity index (χ3v) is 3.88. The fourth-order valence-electron chi connectivity index (χ4n) is 2.69. The van der Waals surface area contributed by atoms with Crippen LogP contribution in [0.3, 0.4) is 0 Å². The summed E-state index contributed by atoms with van der Waals surface area (Å²) >= 11 is 0. The maximum Gasteiger partial charge on any atom is 0.246 e. The van der Waals surface area contributed by atoms with Gasteiger partial charge in [-0.2, -0.15) is 4.80 Å². The summed E-state index contributed by atoms with van der Waals surface area (Å²) in [6.07, 6.45) is 3.35. The molecule has 0 bridgehead atoms. The molecule has 0 N–H and O–H groups in total. The number of carbonyl (C=O) groups excluding carboxylic acids is 1. The second-order valence-electron chi connectivity index (χ2n) is 5.44. The van der Waals surface area contributed by atoms with Crippen LogP contribution in [-0.2, 0) is 11.3 Å². The summed E-state index contributed by atoms with van der Waals surface area (Å²) in [6.45, 7) is 3.09. The Morgan fingerprint density at radius 1 is 1.29 bits per heavy atom. The Morgan fingerprint density at radius 3 is 2.86 bits per heavy atom. The maximum atomic E-state index is 12.3. The molecule has 6 nitrogen and oxygen atoms in total. The van der Waals surface area contributed by atoms with Crippen LogP contribution in [-0.4, -0.2) is 43.6 Å². The Hall–Kier alpha value is -2.24. The van der Waals surface area contributed by atoms with Gasteiger partial charge in [0.25, 0.3) is 0 Å². The monoisotopic (exact) mass is 285 g/mol. The van der Waals surface area contributed by atoms with E-state index in [0.29, 0.717) is 11.9 Å². The minimum Gasteiger partial charge on any atom is -0.338 e. The molecule has 0 aliphatic carbocycles. The van der Waals surface area contributed by atoms with E-state index in [2.05, 4.69) is 22.3 Å². The van der Waals surface area contributed by atoms with Gasteiger partial charge in [0.2, 0.25) is 11.7 Å². The summed E-state index contributed by atoms with van der Waals surface area (Å²) in [5.74, 6) is 0.620. The quantitative estimate of drug-likeness (QED) is 0.861. The Labute approximate surface area is 123 Å². The van der Waals surface area contributed by atoms with Gasteiger partial charge in [-0.15, -0.1) is 10.2 Å². The van der Waals surface area contributed by atoms with Gasteiger partial charge in [-0.3, -0.25) is 4.79 Å². The number of nitrogens with zero attached hydrogens (tertiary/aromatic N) is 5. The van der Waals surface area contributed by atoms with E-state index in [-0.39, 0.29) is 12.5 Å². The summed E-state index contributed by atoms with van der Waals surface area (Å²) in [4.78, 5) is 15.6. The van der Waals surface area contributed by atoms with Crippen LogP contribution in [0.1, 0.15) is 26.2 Å². The number of benzene rings is 1. The number of piperidine rings is 1. The van der Waals surface area contributed by atoms with E-state index in [9.17, 15) is 4.79 Å². The van der Waals surface area contributed by atoms with Gasteiger partial charge < -0.3 is 4.90 Å². The lowest BCUT2D eigenvalue weighted by Gasteiger charge is -2.33. The highest BCUT2D eigenvalue weighted by atomic mass is 16.2. The number of tetrazole rings is 1. The molecule has 0 spiro atoms. The van der Waals surface area contributed by atoms with E-state index in [1.807, 2.05) is 35.2 Å². The van der Waals surface area contributed by atoms with Crippen molar-refractivity contribution in [1.29, 1.82) is 0 Å². The van der Waals surface area contributed by atoms with Crippen molar-refractivity contribution in [2.24, 2.45) is 0 Å². The molecule has 0 radical (unpaired) electrons. The average molecular weight is 285 g/mol. The van der Waals surface area contributed by atoms with Gasteiger partial charge in [0.15, 0.2) is 0 Å². The molecule has 1 aliphatic rings. The van der Waals surface area contributed by atoms with Gasteiger partial charge in [-0.25, -0.2) is 0 Å². The Bertz CT molecular complexity index is 610. The highest BCUT2D eigenvalue weighted by Gasteiger charge is 2.23. The van der Waals surface area contributed by atoms with Gasteiger partial charge in [0.05, 0.1) is 0 Å². The van der Waals surface area contributed by atoms with Gasteiger partial charge in [0, 0.05) is 18.2 Å². The molecule has 110 valence electrons. The molecule has 3 rings (SSSR count). The van der Waals surface area contributed by atoms with E-state index < -0.39 is 0 Å². The molecule has 2 heterocycles. The van der Waals surface area contributed by atoms with Crippen LogP contribution in [0.25, 0.3) is 11.4 Å². The zero-order chi connectivity index (χ0) is 14.7. The van der Waals surface area contributed by atoms with Crippen LogP contribution in [0.5, 0.6) is 0 Å². The van der Waals surface area contributed by atoms with Crippen molar-refractivity contribution in [3.8, 4) is 11.4 Å². The first-order valence-corrected chi connectivity index (χ1v) is 7.37. The number of rotatable bonds is 3. The number of likely N-dealkylation sites (tertiary alicyclic amines) is 1. The first-order valence-electron chi connectivity index (χ1n) is 7.37. The van der Waals surface area contributed by atoms with Gasteiger partial charge in [-0.05, 0) is 31.4 Å². The smallest absolute Gasteiger partial charge is 0.246 e. The van der Waals surface area contributed by atoms with E-state index in [1.165, 1.54) is 11.2 Å². The maximum absolute atomic E-state index is 12.3. The highest BCUT2D eigenvalue weighted by Crippen LogP contribution is 2.17. The predicted molar refractivity (Wildman–Crippen MR) is 78.3 cm³/mol. The van der Waals surface area contributed by atoms with Crippen molar-refractivity contribution in [3.05, 3.63) is 30.3 Å². The van der Waals surface area contributed by atoms with Crippen LogP contribution in [0, 0.1) is 0 Å². The van der Waals surface area contributed by atoms with E-state index >= 15 is 0 Å². The number of hydrogen-bond donors (Lipinski definition) is 0. The van der Waals surface area contributed by atoms with Gasteiger partial charge in [-0.1, -0.05) is 30.3 Å². The van der Waals surface area contributed by atoms with Crippen LogP contribution in [0.15, 0.2) is 30.3 Å². The van der Waals surface area contributed by atoms with Gasteiger partial charge >= 0.3 is 0 Å². The summed E-state index contributed by atoms with van der Waals surface area (Å²) in [7, 11) is 0. The highest BCUT2D eigenvalue weighted by molar-refractivity contribution is 5.76. The third-order valence-electron chi connectivity index (χ3n) is 3.88. The minimum absolute atomic E-state index is 0.0687. The van der Waals surface area contributed by atoms with Crippen molar-refractivity contribution in [1.82, 2.24) is 25.1 Å². The Balaban J connectivity index is 1.68. The molecular weight excluding hydrogens is 266 g/mol. The number of amides is 1. The molecule has 2 aromatic rings. The Kier molecular flexibility index (Phi) is 3.94. The fraction of sp³-hybridized carbons (Fsp3) is 0.467. The second-order valence-corrected chi connectivity index (χ2v) is 5.44. The topological polar surface area (TPSA) is 63.9 Å². The lowest BCUT2D eigenvalue weighted by atomic mass is 10.0. The van der Waals surface area contributed by atoms with Crippen molar-refractivity contribution in [2.45, 2.75) is 38.8 Å². The molecule has 1 aliphatic heterocycles. The molecule has 1 saturated heterocycles. The van der Waals surface area contributed by atoms with Crippen molar-refractivity contribution >= 4 is 5.91 Å². The average Bonchev–Trinajstić information content (AvgIpc) is 2.97. The first-order chi connectivity index (χ1) is 10.2. The third kappa shape index (κ3) is 3.09. The minimum atomic E-state index is 0.0687. The van der Waals surface area contributed by atoms with E-state index in [4.69, 9.17) is 0 Å². The number of aromatic nitrogens is 4. The summed E-state index contributed by atoms with van der Waals surface area (Å²) in [5, 5.41) is 12.3. The van der Waals surface area contributed by atoms with Crippen molar-refractivity contribution in [3.63, 3.8) is 0 Å². The fourth-order valence-corrected chi connectivity index (χ4v) is 2.69. The molecule has 0 unspecified atom stereocenters. The zero-order valence-corrected chi connectivity index (χ0v) is 12.1. The lowest BCUT2D eigenvalue weighted by Crippen LogP contribution is -2.43. The van der Waals surface area contributed by atoms with Gasteiger partial charge in [0.1, 0.15) is 6.54 Å². The summed E-state index contributed by atoms with van der Waals surface area (Å²) < 4.78 is 0. The molecule has 6 heteroatoms. The molecule has 1 atom stereocenters. The molecule has 21 heavy (non-hydrogen) atoms. The SMILES string of the molecule is C[C@@H]1CCCCN1C(=O)Cn1nnc(-c2ccccc2)n1. The van der Waals surface area contributed by atoms with Crippen LogP contribution < -0.4 is 0 Å². The molecule has 1 aromatic carbocycles. The molecule has 0 saturated carbocycles. The van der Waals surface area contributed by atoms with E-state index in [0.717, 1.165) is 24.9 Å². The normalized spacial score (nSPS) is 18.7. The summed E-state index contributed by atoms with van der Waals surface area (Å²) in [6, 6.07) is 9.96. The van der Waals surface area contributed by atoms with Crippen LogP contribution in [0.2, 0.25) is 0 Å².